The van der Waals surface area contributed by atoms with Crippen LogP contribution in [-0.4, -0.2) is 7.11 Å². The number of methoxy groups -OCH3 is 1. The Bertz CT molecular complexity index is 601. The number of ether oxygens (including phenoxy) is 1. The Morgan fingerprint density at radius 1 is 1.00 bits per heavy atom. The molecular weight excluding hydrogens is 310 g/mol. The molecule has 19 heavy (non-hydrogen) atoms. The lowest BCUT2D eigenvalue weighted by Gasteiger charge is -2.15. The van der Waals surface area contributed by atoms with Gasteiger partial charge in [-0.2, -0.15) is 0 Å². The molecule has 0 amide bonds. The topological polar surface area (TPSA) is 9.23 Å². The van der Waals surface area contributed by atoms with Crippen molar-refractivity contribution >= 4 is 34.8 Å². The van der Waals surface area contributed by atoms with E-state index in [-0.39, 0.29) is 0 Å². The van der Waals surface area contributed by atoms with E-state index in [1.54, 1.807) is 30.3 Å². The zero-order chi connectivity index (χ0) is 14.0. The van der Waals surface area contributed by atoms with Crippen molar-refractivity contribution in [2.75, 3.05) is 7.11 Å². The quantitative estimate of drug-likeness (QED) is 0.682. The maximum atomic E-state index is 13.9. The van der Waals surface area contributed by atoms with Crippen molar-refractivity contribution in [2.24, 2.45) is 0 Å². The van der Waals surface area contributed by atoms with E-state index in [1.165, 1.54) is 13.2 Å². The zero-order valence-electron chi connectivity index (χ0n) is 9.96. The minimum absolute atomic E-state index is 0.322. The Hall–Kier alpha value is -0.960. The van der Waals surface area contributed by atoms with Crippen LogP contribution < -0.4 is 4.74 Å². The van der Waals surface area contributed by atoms with Gasteiger partial charge in [0.2, 0.25) is 0 Å². The molecule has 0 saturated heterocycles. The number of hydrogen-bond donors (Lipinski definition) is 0. The second-order valence-corrected chi connectivity index (χ2v) is 5.22. The Balaban J connectivity index is 2.49. The van der Waals surface area contributed by atoms with Crippen LogP contribution >= 0.6 is 34.8 Å². The van der Waals surface area contributed by atoms with Gasteiger partial charge < -0.3 is 4.74 Å². The molecule has 0 aliphatic carbocycles. The Kier molecular flexibility index (Phi) is 4.56. The van der Waals surface area contributed by atoms with Crippen molar-refractivity contribution in [1.29, 1.82) is 0 Å². The van der Waals surface area contributed by atoms with Gasteiger partial charge in [0.1, 0.15) is 11.6 Å². The molecule has 2 aromatic rings. The van der Waals surface area contributed by atoms with Crippen molar-refractivity contribution < 1.29 is 9.13 Å². The first-order valence-corrected chi connectivity index (χ1v) is 6.64. The van der Waals surface area contributed by atoms with Gasteiger partial charge in [0, 0.05) is 21.2 Å². The highest BCUT2D eigenvalue weighted by Crippen LogP contribution is 2.38. The summed E-state index contributed by atoms with van der Waals surface area (Å²) in [6.45, 7) is 0. The predicted octanol–water partition coefficient (Wildman–Crippen LogP) is 5.47. The first-order chi connectivity index (χ1) is 9.02. The van der Waals surface area contributed by atoms with Crippen LogP contribution in [0, 0.1) is 5.82 Å². The summed E-state index contributed by atoms with van der Waals surface area (Å²) in [6, 6.07) is 9.41. The lowest BCUT2D eigenvalue weighted by atomic mass is 10.0. The van der Waals surface area contributed by atoms with Crippen LogP contribution in [0.15, 0.2) is 36.4 Å². The highest BCUT2D eigenvalue weighted by molar-refractivity contribution is 6.31. The van der Waals surface area contributed by atoms with Crippen molar-refractivity contribution in [3.05, 3.63) is 63.4 Å². The third-order valence-electron chi connectivity index (χ3n) is 2.70. The van der Waals surface area contributed by atoms with E-state index < -0.39 is 11.2 Å². The lowest BCUT2D eigenvalue weighted by Crippen LogP contribution is -2.00. The fourth-order valence-corrected chi connectivity index (χ4v) is 2.46. The van der Waals surface area contributed by atoms with Crippen LogP contribution in [0.3, 0.4) is 0 Å². The van der Waals surface area contributed by atoms with Crippen LogP contribution in [0.1, 0.15) is 16.5 Å². The van der Waals surface area contributed by atoms with Crippen LogP contribution in [0.5, 0.6) is 5.75 Å². The SMILES string of the molecule is COc1ccc(Cl)cc1C(Cl)c1ccc(Cl)cc1F. The molecule has 0 aliphatic rings. The monoisotopic (exact) mass is 318 g/mol. The molecule has 1 atom stereocenters. The van der Waals surface area contributed by atoms with E-state index in [9.17, 15) is 4.39 Å². The minimum atomic E-state index is -0.703. The highest BCUT2D eigenvalue weighted by atomic mass is 35.5. The fraction of sp³-hybridized carbons (Fsp3) is 0.143. The molecule has 0 bridgehead atoms. The Morgan fingerprint density at radius 3 is 2.26 bits per heavy atom. The van der Waals surface area contributed by atoms with Crippen LogP contribution in [0.2, 0.25) is 10.0 Å². The predicted molar refractivity (Wildman–Crippen MR) is 77.1 cm³/mol. The summed E-state index contributed by atoms with van der Waals surface area (Å²) in [7, 11) is 1.52. The summed E-state index contributed by atoms with van der Waals surface area (Å²) in [4.78, 5) is 0. The maximum Gasteiger partial charge on any atom is 0.129 e. The zero-order valence-corrected chi connectivity index (χ0v) is 12.2. The van der Waals surface area contributed by atoms with Gasteiger partial charge in [-0.15, -0.1) is 11.6 Å². The first kappa shape index (κ1) is 14.4. The number of benzene rings is 2. The summed E-state index contributed by atoms with van der Waals surface area (Å²) >= 11 is 18.0. The molecule has 0 aliphatic heterocycles. The van der Waals surface area contributed by atoms with Crippen molar-refractivity contribution in [1.82, 2.24) is 0 Å². The maximum absolute atomic E-state index is 13.9. The minimum Gasteiger partial charge on any atom is -0.496 e. The molecule has 0 aromatic heterocycles. The number of rotatable bonds is 3. The van der Waals surface area contributed by atoms with E-state index in [4.69, 9.17) is 39.5 Å². The third kappa shape index (κ3) is 3.14. The molecule has 0 N–H and O–H groups in total. The van der Waals surface area contributed by atoms with Gasteiger partial charge in [-0.3, -0.25) is 0 Å². The van der Waals surface area contributed by atoms with Crippen molar-refractivity contribution in [2.45, 2.75) is 5.38 Å². The van der Waals surface area contributed by atoms with Gasteiger partial charge >= 0.3 is 0 Å². The Labute approximate surface area is 125 Å². The van der Waals surface area contributed by atoms with Gasteiger partial charge in [0.25, 0.3) is 0 Å². The molecule has 100 valence electrons. The van der Waals surface area contributed by atoms with Gasteiger partial charge in [0.15, 0.2) is 0 Å². The number of halogens is 4. The average molecular weight is 320 g/mol. The molecule has 0 fully saturated rings. The molecule has 1 nitrogen and oxygen atoms in total. The lowest BCUT2D eigenvalue weighted by molar-refractivity contribution is 0.410. The normalized spacial score (nSPS) is 12.3. The van der Waals surface area contributed by atoms with Crippen molar-refractivity contribution in [3.8, 4) is 5.75 Å². The summed E-state index contributed by atoms with van der Waals surface area (Å²) in [5.74, 6) is 0.0910. The summed E-state index contributed by atoms with van der Waals surface area (Å²) in [5.41, 5.74) is 0.935. The number of alkyl halides is 1. The molecule has 0 heterocycles. The molecule has 2 rings (SSSR count). The molecule has 1 unspecified atom stereocenters. The standard InChI is InChI=1S/C14H10Cl3FO/c1-19-13-5-3-8(15)6-11(13)14(17)10-4-2-9(16)7-12(10)18/h2-7,14H,1H3. The summed E-state index contributed by atoms with van der Waals surface area (Å²) in [6.07, 6.45) is 0. The van der Waals surface area contributed by atoms with Gasteiger partial charge in [0.05, 0.1) is 12.5 Å². The van der Waals surface area contributed by atoms with Gasteiger partial charge in [-0.05, 0) is 30.3 Å². The summed E-state index contributed by atoms with van der Waals surface area (Å²) < 4.78 is 19.1. The van der Waals surface area contributed by atoms with Crippen molar-refractivity contribution in [3.63, 3.8) is 0 Å². The Morgan fingerprint density at radius 2 is 1.63 bits per heavy atom. The molecule has 0 spiro atoms. The van der Waals surface area contributed by atoms with E-state index in [1.807, 2.05) is 0 Å². The average Bonchev–Trinajstić information content (AvgIpc) is 2.38. The van der Waals surface area contributed by atoms with Crippen LogP contribution in [-0.2, 0) is 0 Å². The fourth-order valence-electron chi connectivity index (χ4n) is 1.78. The van der Waals surface area contributed by atoms with Gasteiger partial charge in [-0.25, -0.2) is 4.39 Å². The second kappa shape index (κ2) is 6.00. The first-order valence-electron chi connectivity index (χ1n) is 5.45. The molecule has 0 saturated carbocycles. The smallest absolute Gasteiger partial charge is 0.129 e. The van der Waals surface area contributed by atoms with E-state index in [2.05, 4.69) is 0 Å². The molecule has 5 heteroatoms. The van der Waals surface area contributed by atoms with Crippen LogP contribution in [0.25, 0.3) is 0 Å². The molecule has 0 radical (unpaired) electrons. The molecule has 2 aromatic carbocycles. The molecular formula is C14H10Cl3FO. The largest absolute Gasteiger partial charge is 0.496 e. The summed E-state index contributed by atoms with van der Waals surface area (Å²) in [5, 5.41) is 0.130. The van der Waals surface area contributed by atoms with E-state index in [0.717, 1.165) is 0 Å². The third-order valence-corrected chi connectivity index (χ3v) is 3.64. The number of hydrogen-bond acceptors (Lipinski definition) is 1. The second-order valence-electron chi connectivity index (χ2n) is 3.91. The highest BCUT2D eigenvalue weighted by Gasteiger charge is 2.19. The van der Waals surface area contributed by atoms with E-state index >= 15 is 0 Å². The van der Waals surface area contributed by atoms with Crippen LogP contribution in [0.4, 0.5) is 4.39 Å². The van der Waals surface area contributed by atoms with Gasteiger partial charge in [-0.1, -0.05) is 29.3 Å². The van der Waals surface area contributed by atoms with E-state index in [0.29, 0.717) is 26.9 Å².